The third-order valence-corrected chi connectivity index (χ3v) is 5.34. The quantitative estimate of drug-likeness (QED) is 0.865. The molecule has 1 aromatic rings. The Morgan fingerprint density at radius 2 is 1.81 bits per heavy atom. The van der Waals surface area contributed by atoms with E-state index in [0.29, 0.717) is 36.5 Å². The molecule has 0 saturated carbocycles. The molecule has 0 aromatic carbocycles. The van der Waals surface area contributed by atoms with Gasteiger partial charge in [0.2, 0.25) is 5.91 Å². The minimum Gasteiger partial charge on any atom is -0.481 e. The Morgan fingerprint density at radius 3 is 2.42 bits per heavy atom. The molecule has 2 amide bonds. The van der Waals surface area contributed by atoms with Gasteiger partial charge in [-0.15, -0.1) is 0 Å². The van der Waals surface area contributed by atoms with Crippen LogP contribution >= 0.6 is 0 Å². The first kappa shape index (κ1) is 18.4. The Hall–Kier alpha value is -2.38. The van der Waals surface area contributed by atoms with E-state index in [1.807, 2.05) is 6.92 Å². The van der Waals surface area contributed by atoms with E-state index >= 15 is 0 Å². The Balaban J connectivity index is 1.83. The van der Waals surface area contributed by atoms with Crippen molar-refractivity contribution in [2.75, 3.05) is 26.2 Å². The maximum Gasteiger partial charge on any atom is 0.308 e. The van der Waals surface area contributed by atoms with E-state index in [0.717, 1.165) is 12.8 Å². The molecule has 0 spiro atoms. The summed E-state index contributed by atoms with van der Waals surface area (Å²) in [6.07, 6.45) is 2.77. The molecule has 8 nitrogen and oxygen atoms in total. The van der Waals surface area contributed by atoms with Crippen LogP contribution in [0.2, 0.25) is 0 Å². The van der Waals surface area contributed by atoms with Crippen LogP contribution in [0.15, 0.2) is 4.52 Å². The van der Waals surface area contributed by atoms with Gasteiger partial charge in [0.1, 0.15) is 11.3 Å². The van der Waals surface area contributed by atoms with Gasteiger partial charge in [-0.3, -0.25) is 14.4 Å². The van der Waals surface area contributed by atoms with Crippen molar-refractivity contribution in [3.63, 3.8) is 0 Å². The second-order valence-electron chi connectivity index (χ2n) is 7.12. The first-order chi connectivity index (χ1) is 12.4. The minimum absolute atomic E-state index is 0.0380. The molecule has 8 heteroatoms. The summed E-state index contributed by atoms with van der Waals surface area (Å²) in [4.78, 5) is 40.7. The number of hydrogen-bond acceptors (Lipinski definition) is 5. The molecular weight excluding hydrogens is 338 g/mol. The summed E-state index contributed by atoms with van der Waals surface area (Å²) in [6, 6.07) is 0. The highest BCUT2D eigenvalue weighted by Crippen LogP contribution is 2.28. The van der Waals surface area contributed by atoms with Gasteiger partial charge in [-0.05, 0) is 32.6 Å². The number of aromatic nitrogens is 1. The Kier molecular flexibility index (Phi) is 5.29. The molecule has 0 bridgehead atoms. The van der Waals surface area contributed by atoms with Crippen LogP contribution in [0.4, 0.5) is 0 Å². The van der Waals surface area contributed by atoms with Crippen molar-refractivity contribution in [2.45, 2.75) is 39.5 Å². The summed E-state index contributed by atoms with van der Waals surface area (Å²) in [5.41, 5.74) is 0.957. The lowest BCUT2D eigenvalue weighted by atomic mass is 9.87. The van der Waals surface area contributed by atoms with E-state index in [4.69, 9.17) is 4.52 Å². The van der Waals surface area contributed by atoms with Crippen LogP contribution < -0.4 is 0 Å². The van der Waals surface area contributed by atoms with Gasteiger partial charge in [-0.25, -0.2) is 0 Å². The number of likely N-dealkylation sites (tertiary alicyclic amines) is 2. The Bertz CT molecular complexity index is 708. The number of amides is 2. The zero-order chi connectivity index (χ0) is 18.8. The predicted octanol–water partition coefficient (Wildman–Crippen LogP) is 1.33. The highest BCUT2D eigenvalue weighted by Gasteiger charge is 2.40. The second-order valence-corrected chi connectivity index (χ2v) is 7.12. The van der Waals surface area contributed by atoms with Crippen LogP contribution in [-0.4, -0.2) is 64.0 Å². The maximum absolute atomic E-state index is 13.0. The van der Waals surface area contributed by atoms with Crippen LogP contribution in [-0.2, 0) is 16.0 Å². The van der Waals surface area contributed by atoms with Gasteiger partial charge in [0.25, 0.3) is 5.91 Å². The number of nitrogens with zero attached hydrogens (tertiary/aromatic N) is 3. The highest BCUT2D eigenvalue weighted by atomic mass is 16.5. The third-order valence-electron chi connectivity index (χ3n) is 5.34. The zero-order valence-electron chi connectivity index (χ0n) is 15.2. The molecule has 2 saturated heterocycles. The standard InChI is InChI=1S/C18H25N3O5/c1-3-14-15(11(2)26-19-14)17(23)21-9-12(8-13(10-21)18(24)25)16(22)20-6-4-5-7-20/h12-13H,3-10H2,1-2H3,(H,24,25)/t12-,13+/m1/s1. The lowest BCUT2D eigenvalue weighted by molar-refractivity contribution is -0.146. The molecule has 0 unspecified atom stereocenters. The van der Waals surface area contributed by atoms with E-state index in [1.165, 1.54) is 4.90 Å². The smallest absolute Gasteiger partial charge is 0.308 e. The lowest BCUT2D eigenvalue weighted by Gasteiger charge is -2.37. The third kappa shape index (κ3) is 3.45. The van der Waals surface area contributed by atoms with Crippen molar-refractivity contribution < 1.29 is 24.0 Å². The molecule has 1 N–H and O–H groups in total. The fraction of sp³-hybridized carbons (Fsp3) is 0.667. The van der Waals surface area contributed by atoms with Crippen molar-refractivity contribution in [2.24, 2.45) is 11.8 Å². The molecule has 0 aliphatic carbocycles. The summed E-state index contributed by atoms with van der Waals surface area (Å²) in [5, 5.41) is 13.4. The molecule has 2 aliphatic heterocycles. The highest BCUT2D eigenvalue weighted by molar-refractivity contribution is 5.97. The van der Waals surface area contributed by atoms with Gasteiger partial charge in [0.15, 0.2) is 0 Å². The van der Waals surface area contributed by atoms with Crippen LogP contribution in [0.25, 0.3) is 0 Å². The molecule has 1 aromatic heterocycles. The molecule has 3 heterocycles. The molecule has 2 atom stereocenters. The molecular formula is C18H25N3O5. The summed E-state index contributed by atoms with van der Waals surface area (Å²) >= 11 is 0. The zero-order valence-corrected chi connectivity index (χ0v) is 15.2. The predicted molar refractivity (Wildman–Crippen MR) is 91.6 cm³/mol. The van der Waals surface area contributed by atoms with Crippen molar-refractivity contribution in [3.8, 4) is 0 Å². The Labute approximate surface area is 152 Å². The van der Waals surface area contributed by atoms with E-state index < -0.39 is 17.8 Å². The van der Waals surface area contributed by atoms with Gasteiger partial charge < -0.3 is 19.4 Å². The minimum atomic E-state index is -0.973. The molecule has 2 aliphatic rings. The molecule has 142 valence electrons. The number of piperidine rings is 1. The van der Waals surface area contributed by atoms with Gasteiger partial charge in [-0.1, -0.05) is 12.1 Å². The van der Waals surface area contributed by atoms with Gasteiger partial charge >= 0.3 is 5.97 Å². The van der Waals surface area contributed by atoms with E-state index in [9.17, 15) is 19.5 Å². The average Bonchev–Trinajstić information content (AvgIpc) is 3.29. The van der Waals surface area contributed by atoms with E-state index in [1.54, 1.807) is 11.8 Å². The lowest BCUT2D eigenvalue weighted by Crippen LogP contribution is -2.50. The summed E-state index contributed by atoms with van der Waals surface area (Å²) in [7, 11) is 0. The van der Waals surface area contributed by atoms with Gasteiger partial charge in [0, 0.05) is 26.2 Å². The fourth-order valence-corrected chi connectivity index (χ4v) is 3.91. The van der Waals surface area contributed by atoms with E-state index in [-0.39, 0.29) is 31.3 Å². The van der Waals surface area contributed by atoms with Crippen LogP contribution in [0, 0.1) is 18.8 Å². The van der Waals surface area contributed by atoms with Crippen molar-refractivity contribution in [1.82, 2.24) is 15.0 Å². The summed E-state index contributed by atoms with van der Waals surface area (Å²) in [5.74, 6) is -2.10. The number of carboxylic acid groups (broad SMARTS) is 1. The normalized spacial score (nSPS) is 23.3. The number of carboxylic acids is 1. The van der Waals surface area contributed by atoms with Gasteiger partial charge in [0.05, 0.1) is 17.5 Å². The topological polar surface area (TPSA) is 104 Å². The maximum atomic E-state index is 13.0. The van der Waals surface area contributed by atoms with Crippen LogP contribution in [0.1, 0.15) is 48.0 Å². The largest absolute Gasteiger partial charge is 0.481 e. The monoisotopic (exact) mass is 363 g/mol. The van der Waals surface area contributed by atoms with Crippen molar-refractivity contribution in [3.05, 3.63) is 17.0 Å². The molecule has 2 fully saturated rings. The number of carbonyl (C=O) groups is 3. The van der Waals surface area contributed by atoms with Crippen LogP contribution in [0.5, 0.6) is 0 Å². The summed E-state index contributed by atoms with van der Waals surface area (Å²) < 4.78 is 5.14. The number of hydrogen-bond donors (Lipinski definition) is 1. The number of aliphatic carboxylic acids is 1. The Morgan fingerprint density at radius 1 is 1.15 bits per heavy atom. The van der Waals surface area contributed by atoms with Crippen LogP contribution in [0.3, 0.4) is 0 Å². The SMILES string of the molecule is CCc1noc(C)c1C(=O)N1C[C@@H](C(=O)O)C[C@@H](C(=O)N2CCCC2)C1. The number of aryl methyl sites for hydroxylation is 2. The number of carbonyl (C=O) groups excluding carboxylic acids is 2. The molecule has 0 radical (unpaired) electrons. The fourth-order valence-electron chi connectivity index (χ4n) is 3.91. The molecule has 26 heavy (non-hydrogen) atoms. The number of rotatable bonds is 4. The van der Waals surface area contributed by atoms with E-state index in [2.05, 4.69) is 5.16 Å². The average molecular weight is 363 g/mol. The van der Waals surface area contributed by atoms with Crippen molar-refractivity contribution >= 4 is 17.8 Å². The second kappa shape index (κ2) is 7.47. The first-order valence-electron chi connectivity index (χ1n) is 9.18. The first-order valence-corrected chi connectivity index (χ1v) is 9.18. The molecule has 3 rings (SSSR count). The summed E-state index contributed by atoms with van der Waals surface area (Å²) in [6.45, 7) is 5.32. The van der Waals surface area contributed by atoms with Gasteiger partial charge in [-0.2, -0.15) is 0 Å². The van der Waals surface area contributed by atoms with Crippen molar-refractivity contribution in [1.29, 1.82) is 0 Å².